The number of carbonyl (C=O) groups excluding carboxylic acids is 1. The van der Waals surface area contributed by atoms with Crippen LogP contribution >= 0.6 is 0 Å². The molecule has 27 heavy (non-hydrogen) atoms. The van der Waals surface area contributed by atoms with E-state index in [1.54, 1.807) is 0 Å². The zero-order valence-corrected chi connectivity index (χ0v) is 16.4. The second kappa shape index (κ2) is 9.49. The summed E-state index contributed by atoms with van der Waals surface area (Å²) in [5.41, 5.74) is 1.76. The second-order valence-corrected chi connectivity index (χ2v) is 7.25. The van der Waals surface area contributed by atoms with Crippen LogP contribution in [0.5, 0.6) is 0 Å². The Morgan fingerprint density at radius 2 is 2.04 bits per heavy atom. The van der Waals surface area contributed by atoms with Gasteiger partial charge >= 0.3 is 0 Å². The lowest BCUT2D eigenvalue weighted by molar-refractivity contribution is 0.0948. The molecule has 0 radical (unpaired) electrons. The van der Waals surface area contributed by atoms with Gasteiger partial charge in [0.15, 0.2) is 0 Å². The van der Waals surface area contributed by atoms with E-state index >= 15 is 0 Å². The average Bonchev–Trinajstić information content (AvgIpc) is 2.71. The van der Waals surface area contributed by atoms with Crippen LogP contribution in [0, 0.1) is 6.92 Å². The highest BCUT2D eigenvalue weighted by atomic mass is 16.1. The second-order valence-electron chi connectivity index (χ2n) is 7.25. The lowest BCUT2D eigenvalue weighted by Gasteiger charge is -2.36. The number of anilines is 1. The van der Waals surface area contributed by atoms with Gasteiger partial charge in [-0.3, -0.25) is 4.79 Å². The molecule has 1 atom stereocenters. The number of nitrogens with zero attached hydrogens (tertiary/aromatic N) is 3. The molecular formula is C22H30N4O. The van der Waals surface area contributed by atoms with Gasteiger partial charge in [0.25, 0.3) is 5.91 Å². The molecule has 1 aromatic carbocycles. The van der Waals surface area contributed by atoms with Gasteiger partial charge in [0, 0.05) is 25.2 Å². The van der Waals surface area contributed by atoms with Crippen LogP contribution in [-0.2, 0) is 6.42 Å². The molecule has 0 spiro atoms. The highest BCUT2D eigenvalue weighted by Crippen LogP contribution is 2.25. The third-order valence-corrected chi connectivity index (χ3v) is 5.22. The van der Waals surface area contributed by atoms with Gasteiger partial charge in [-0.15, -0.1) is 0 Å². The summed E-state index contributed by atoms with van der Waals surface area (Å²) in [6.07, 6.45) is 6.62. The van der Waals surface area contributed by atoms with Crippen LogP contribution in [0.1, 0.15) is 60.9 Å². The van der Waals surface area contributed by atoms with Crippen LogP contribution < -0.4 is 10.2 Å². The van der Waals surface area contributed by atoms with Gasteiger partial charge in [-0.05, 0) is 51.0 Å². The minimum absolute atomic E-state index is 0.111. The quantitative estimate of drug-likeness (QED) is 0.755. The maximum atomic E-state index is 12.6. The minimum atomic E-state index is -0.111. The highest BCUT2D eigenvalue weighted by Gasteiger charge is 2.23. The average molecular weight is 367 g/mol. The molecule has 1 saturated heterocycles. The fourth-order valence-corrected chi connectivity index (χ4v) is 3.77. The highest BCUT2D eigenvalue weighted by molar-refractivity contribution is 5.92. The molecule has 1 unspecified atom stereocenters. The van der Waals surface area contributed by atoms with Crippen molar-refractivity contribution in [3.8, 4) is 0 Å². The molecule has 3 rings (SSSR count). The fraction of sp³-hybridized carbons (Fsp3) is 0.500. The molecule has 1 aliphatic heterocycles. The van der Waals surface area contributed by atoms with Gasteiger partial charge < -0.3 is 10.2 Å². The van der Waals surface area contributed by atoms with Crippen molar-refractivity contribution in [3.05, 3.63) is 53.5 Å². The predicted octanol–water partition coefficient (Wildman–Crippen LogP) is 3.92. The number of aromatic nitrogens is 2. The van der Waals surface area contributed by atoms with E-state index in [1.807, 2.05) is 31.2 Å². The zero-order valence-electron chi connectivity index (χ0n) is 16.4. The van der Waals surface area contributed by atoms with Gasteiger partial charge in [0.2, 0.25) is 0 Å². The molecule has 5 heteroatoms. The van der Waals surface area contributed by atoms with Crippen molar-refractivity contribution < 1.29 is 4.79 Å². The van der Waals surface area contributed by atoms with Crippen molar-refractivity contribution in [2.75, 3.05) is 18.0 Å². The topological polar surface area (TPSA) is 58.1 Å². The number of carbonyl (C=O) groups is 1. The van der Waals surface area contributed by atoms with Crippen molar-refractivity contribution in [2.24, 2.45) is 0 Å². The summed E-state index contributed by atoms with van der Waals surface area (Å²) in [6.45, 7) is 5.73. The number of hydrogen-bond donors (Lipinski definition) is 1. The maximum absolute atomic E-state index is 12.6. The normalized spacial score (nSPS) is 17.0. The van der Waals surface area contributed by atoms with E-state index in [4.69, 9.17) is 0 Å². The summed E-state index contributed by atoms with van der Waals surface area (Å²) >= 11 is 0. The Morgan fingerprint density at radius 1 is 1.22 bits per heavy atom. The van der Waals surface area contributed by atoms with E-state index in [2.05, 4.69) is 39.2 Å². The molecule has 144 valence electrons. The van der Waals surface area contributed by atoms with Crippen LogP contribution in [-0.4, -0.2) is 35.0 Å². The smallest absolute Gasteiger partial charge is 0.270 e. The number of aryl methyl sites for hydroxylation is 2. The zero-order chi connectivity index (χ0) is 19.1. The van der Waals surface area contributed by atoms with E-state index < -0.39 is 0 Å². The fourth-order valence-electron chi connectivity index (χ4n) is 3.77. The summed E-state index contributed by atoms with van der Waals surface area (Å²) < 4.78 is 0. The molecule has 5 nitrogen and oxygen atoms in total. The number of benzene rings is 1. The summed E-state index contributed by atoms with van der Waals surface area (Å²) in [5, 5.41) is 3.00. The molecule has 2 aromatic rings. The van der Waals surface area contributed by atoms with Crippen molar-refractivity contribution in [2.45, 2.75) is 58.4 Å². The minimum Gasteiger partial charge on any atom is -0.354 e. The van der Waals surface area contributed by atoms with E-state index in [0.29, 0.717) is 24.1 Å². The van der Waals surface area contributed by atoms with Crippen LogP contribution in [0.15, 0.2) is 36.4 Å². The van der Waals surface area contributed by atoms with E-state index in [9.17, 15) is 4.79 Å². The molecule has 1 amide bonds. The number of hydrogen-bond acceptors (Lipinski definition) is 4. The van der Waals surface area contributed by atoms with Gasteiger partial charge in [-0.2, -0.15) is 0 Å². The standard InChI is InChI=1S/C22H30N4O/c1-3-19-13-7-8-15-26(19)21-16-20(24-17(2)25-21)22(27)23-14-9-12-18-10-5-4-6-11-18/h4-6,10-11,16,19H,3,7-9,12-15H2,1-2H3,(H,23,27). The Labute approximate surface area is 162 Å². The lowest BCUT2D eigenvalue weighted by atomic mass is 10.00. The molecular weight excluding hydrogens is 336 g/mol. The molecule has 0 saturated carbocycles. The molecule has 1 aliphatic rings. The number of piperidine rings is 1. The van der Waals surface area contributed by atoms with Gasteiger partial charge in [0.1, 0.15) is 17.3 Å². The molecule has 1 N–H and O–H groups in total. The van der Waals surface area contributed by atoms with Crippen molar-refractivity contribution in [1.82, 2.24) is 15.3 Å². The Hall–Kier alpha value is -2.43. The van der Waals surface area contributed by atoms with Crippen molar-refractivity contribution in [3.63, 3.8) is 0 Å². The van der Waals surface area contributed by atoms with Crippen LogP contribution in [0.4, 0.5) is 5.82 Å². The third-order valence-electron chi connectivity index (χ3n) is 5.22. The summed E-state index contributed by atoms with van der Waals surface area (Å²) in [5.74, 6) is 1.44. The molecule has 0 aliphatic carbocycles. The first-order chi connectivity index (χ1) is 13.2. The Balaban J connectivity index is 1.60. The van der Waals surface area contributed by atoms with E-state index in [-0.39, 0.29) is 5.91 Å². The molecule has 2 heterocycles. The number of nitrogens with one attached hydrogen (secondary N) is 1. The summed E-state index contributed by atoms with van der Waals surface area (Å²) in [4.78, 5) is 23.9. The van der Waals surface area contributed by atoms with Gasteiger partial charge in [-0.25, -0.2) is 9.97 Å². The van der Waals surface area contributed by atoms with Crippen molar-refractivity contribution >= 4 is 11.7 Å². The third kappa shape index (κ3) is 5.28. The monoisotopic (exact) mass is 366 g/mol. The molecule has 1 aromatic heterocycles. The summed E-state index contributed by atoms with van der Waals surface area (Å²) in [6, 6.07) is 12.7. The Kier molecular flexibility index (Phi) is 6.80. The number of amides is 1. The van der Waals surface area contributed by atoms with Gasteiger partial charge in [0.05, 0.1) is 0 Å². The number of rotatable bonds is 7. The van der Waals surface area contributed by atoms with E-state index in [1.165, 1.54) is 24.8 Å². The molecule has 0 bridgehead atoms. The largest absolute Gasteiger partial charge is 0.354 e. The Bertz CT molecular complexity index is 747. The van der Waals surface area contributed by atoms with Crippen molar-refractivity contribution in [1.29, 1.82) is 0 Å². The van der Waals surface area contributed by atoms with Gasteiger partial charge in [-0.1, -0.05) is 37.3 Å². The molecule has 1 fully saturated rings. The first-order valence-electron chi connectivity index (χ1n) is 10.1. The van der Waals surface area contributed by atoms with Crippen LogP contribution in [0.25, 0.3) is 0 Å². The SMILES string of the molecule is CCC1CCCCN1c1cc(C(=O)NCCCc2ccccc2)nc(C)n1. The maximum Gasteiger partial charge on any atom is 0.270 e. The summed E-state index contributed by atoms with van der Waals surface area (Å²) in [7, 11) is 0. The van der Waals surface area contributed by atoms with Crippen LogP contribution in [0.3, 0.4) is 0 Å². The predicted molar refractivity (Wildman–Crippen MR) is 109 cm³/mol. The van der Waals surface area contributed by atoms with Crippen LogP contribution in [0.2, 0.25) is 0 Å². The first-order valence-corrected chi connectivity index (χ1v) is 10.1. The Morgan fingerprint density at radius 3 is 2.81 bits per heavy atom. The van der Waals surface area contributed by atoms with E-state index in [0.717, 1.165) is 31.6 Å². The first kappa shape index (κ1) is 19.3. The lowest BCUT2D eigenvalue weighted by Crippen LogP contribution is -2.40.